The molecule has 5 nitrogen and oxygen atoms in total. The molecule has 152 valence electrons. The summed E-state index contributed by atoms with van der Waals surface area (Å²) in [5.41, 5.74) is 5.93. The van der Waals surface area contributed by atoms with Crippen molar-refractivity contribution in [1.82, 2.24) is 20.4 Å². The fraction of sp³-hybridized carbons (Fsp3) is 0.304. The van der Waals surface area contributed by atoms with Crippen molar-refractivity contribution in [1.29, 1.82) is 0 Å². The van der Waals surface area contributed by atoms with Crippen LogP contribution in [-0.2, 0) is 6.54 Å². The molecule has 0 spiro atoms. The Morgan fingerprint density at radius 1 is 1.14 bits per heavy atom. The first-order chi connectivity index (χ1) is 13.6. The SMILES string of the molecule is Cc1ccc(-c2nn(Cc3ccccc3)cc2C(=O)NCC2CNC2)cc1C.Cl. The van der Waals surface area contributed by atoms with Crippen LogP contribution in [0.2, 0.25) is 0 Å². The van der Waals surface area contributed by atoms with Gasteiger partial charge in [-0.3, -0.25) is 9.48 Å². The van der Waals surface area contributed by atoms with Crippen LogP contribution in [0.15, 0.2) is 54.7 Å². The van der Waals surface area contributed by atoms with Gasteiger partial charge in [-0.05, 0) is 36.6 Å². The van der Waals surface area contributed by atoms with Crippen molar-refractivity contribution in [2.45, 2.75) is 20.4 Å². The maximum Gasteiger partial charge on any atom is 0.255 e. The lowest BCUT2D eigenvalue weighted by molar-refractivity contribution is 0.0942. The molecule has 1 amide bonds. The van der Waals surface area contributed by atoms with E-state index in [-0.39, 0.29) is 18.3 Å². The number of rotatable bonds is 6. The van der Waals surface area contributed by atoms with Crippen molar-refractivity contribution < 1.29 is 4.79 Å². The Balaban J connectivity index is 0.00000240. The minimum Gasteiger partial charge on any atom is -0.352 e. The highest BCUT2D eigenvalue weighted by Gasteiger charge is 2.21. The predicted octanol–water partition coefficient (Wildman–Crippen LogP) is 3.59. The summed E-state index contributed by atoms with van der Waals surface area (Å²) in [6.45, 7) is 7.45. The molecule has 6 heteroatoms. The topological polar surface area (TPSA) is 59.0 Å². The summed E-state index contributed by atoms with van der Waals surface area (Å²) in [6, 6.07) is 16.4. The summed E-state index contributed by atoms with van der Waals surface area (Å²) in [7, 11) is 0. The Morgan fingerprint density at radius 3 is 2.55 bits per heavy atom. The van der Waals surface area contributed by atoms with Crippen LogP contribution in [0.4, 0.5) is 0 Å². The third-order valence-corrected chi connectivity index (χ3v) is 5.39. The first kappa shape index (κ1) is 21.1. The smallest absolute Gasteiger partial charge is 0.255 e. The van der Waals surface area contributed by atoms with E-state index < -0.39 is 0 Å². The highest BCUT2D eigenvalue weighted by atomic mass is 35.5. The van der Waals surface area contributed by atoms with Gasteiger partial charge in [-0.15, -0.1) is 12.4 Å². The molecule has 1 aliphatic heterocycles. The van der Waals surface area contributed by atoms with E-state index in [1.54, 1.807) is 0 Å². The molecular weight excluding hydrogens is 384 g/mol. The second-order valence-electron chi connectivity index (χ2n) is 7.61. The standard InChI is InChI=1S/C23H26N4O.ClH/c1-16-8-9-20(10-17(16)2)22-21(23(28)25-13-19-11-24-12-19)15-27(26-22)14-18-6-4-3-5-7-18;/h3-10,15,19,24H,11-14H2,1-2H3,(H,25,28);1H. The van der Waals surface area contributed by atoms with Crippen molar-refractivity contribution in [2.75, 3.05) is 19.6 Å². The van der Waals surface area contributed by atoms with Crippen molar-refractivity contribution in [2.24, 2.45) is 5.92 Å². The largest absolute Gasteiger partial charge is 0.352 e. The average molecular weight is 411 g/mol. The van der Waals surface area contributed by atoms with Crippen LogP contribution in [0.5, 0.6) is 0 Å². The van der Waals surface area contributed by atoms with E-state index in [9.17, 15) is 4.79 Å². The predicted molar refractivity (Wildman–Crippen MR) is 119 cm³/mol. The molecule has 0 atom stereocenters. The third kappa shape index (κ3) is 4.86. The lowest BCUT2D eigenvalue weighted by Gasteiger charge is -2.27. The first-order valence-electron chi connectivity index (χ1n) is 9.78. The Kier molecular flexibility index (Phi) is 6.72. The number of carbonyl (C=O) groups excluding carboxylic acids is 1. The molecule has 1 saturated heterocycles. The molecule has 1 aromatic heterocycles. The van der Waals surface area contributed by atoms with E-state index in [1.807, 2.05) is 35.1 Å². The molecule has 0 aliphatic carbocycles. The van der Waals surface area contributed by atoms with Crippen LogP contribution < -0.4 is 10.6 Å². The van der Waals surface area contributed by atoms with Gasteiger partial charge in [0.1, 0.15) is 5.69 Å². The lowest BCUT2D eigenvalue weighted by atomic mass is 10.0. The summed E-state index contributed by atoms with van der Waals surface area (Å²) in [6.07, 6.45) is 1.87. The Labute approximate surface area is 177 Å². The molecule has 0 saturated carbocycles. The fourth-order valence-corrected chi connectivity index (χ4v) is 3.37. The van der Waals surface area contributed by atoms with Gasteiger partial charge in [-0.1, -0.05) is 42.5 Å². The van der Waals surface area contributed by atoms with Gasteiger partial charge in [0, 0.05) is 37.3 Å². The van der Waals surface area contributed by atoms with Gasteiger partial charge in [-0.2, -0.15) is 5.10 Å². The summed E-state index contributed by atoms with van der Waals surface area (Å²) in [5.74, 6) is 0.466. The number of aryl methyl sites for hydroxylation is 2. The molecule has 0 radical (unpaired) electrons. The van der Waals surface area contributed by atoms with Gasteiger partial charge in [0.15, 0.2) is 0 Å². The van der Waals surface area contributed by atoms with Crippen LogP contribution in [0.1, 0.15) is 27.0 Å². The van der Waals surface area contributed by atoms with Crippen molar-refractivity contribution in [3.8, 4) is 11.3 Å². The molecule has 3 aromatic rings. The number of nitrogens with one attached hydrogen (secondary N) is 2. The highest BCUT2D eigenvalue weighted by Crippen LogP contribution is 2.25. The molecule has 0 unspecified atom stereocenters. The van der Waals surface area contributed by atoms with Crippen LogP contribution in [0.25, 0.3) is 11.3 Å². The first-order valence-corrected chi connectivity index (χ1v) is 9.78. The number of halogens is 1. The summed E-state index contributed by atoms with van der Waals surface area (Å²) < 4.78 is 1.86. The Bertz CT molecular complexity index is 980. The molecule has 1 fully saturated rings. The van der Waals surface area contributed by atoms with Crippen LogP contribution in [-0.4, -0.2) is 35.3 Å². The highest BCUT2D eigenvalue weighted by molar-refractivity contribution is 5.99. The number of hydrogen-bond acceptors (Lipinski definition) is 3. The summed E-state index contributed by atoms with van der Waals surface area (Å²) >= 11 is 0. The van der Waals surface area contributed by atoms with Gasteiger partial charge in [0.05, 0.1) is 12.1 Å². The fourth-order valence-electron chi connectivity index (χ4n) is 3.37. The summed E-state index contributed by atoms with van der Waals surface area (Å²) in [4.78, 5) is 12.9. The molecule has 1 aliphatic rings. The summed E-state index contributed by atoms with van der Waals surface area (Å²) in [5, 5.41) is 11.1. The third-order valence-electron chi connectivity index (χ3n) is 5.39. The van der Waals surface area contributed by atoms with Crippen LogP contribution >= 0.6 is 12.4 Å². The number of carbonyl (C=O) groups is 1. The normalized spacial score (nSPS) is 13.4. The average Bonchev–Trinajstić information content (AvgIpc) is 3.07. The van der Waals surface area contributed by atoms with E-state index in [2.05, 4.69) is 48.7 Å². The molecule has 2 aromatic carbocycles. The Morgan fingerprint density at radius 2 is 1.90 bits per heavy atom. The minimum atomic E-state index is -0.0561. The molecule has 4 rings (SSSR count). The van der Waals surface area contributed by atoms with Crippen molar-refractivity contribution in [3.05, 3.63) is 77.0 Å². The number of aromatic nitrogens is 2. The minimum absolute atomic E-state index is 0. The maximum atomic E-state index is 12.9. The van der Waals surface area contributed by atoms with E-state index in [1.165, 1.54) is 11.1 Å². The van der Waals surface area contributed by atoms with Crippen molar-refractivity contribution in [3.63, 3.8) is 0 Å². The quantitative estimate of drug-likeness (QED) is 0.653. The molecule has 2 N–H and O–H groups in total. The zero-order chi connectivity index (χ0) is 19.5. The van der Waals surface area contributed by atoms with Gasteiger partial charge < -0.3 is 10.6 Å². The monoisotopic (exact) mass is 410 g/mol. The van der Waals surface area contributed by atoms with E-state index in [0.717, 1.165) is 29.9 Å². The number of amides is 1. The molecule has 2 heterocycles. The maximum absolute atomic E-state index is 12.9. The lowest BCUT2D eigenvalue weighted by Crippen LogP contribution is -2.48. The second-order valence-corrected chi connectivity index (χ2v) is 7.61. The van der Waals surface area contributed by atoms with E-state index >= 15 is 0 Å². The van der Waals surface area contributed by atoms with Crippen LogP contribution in [0, 0.1) is 19.8 Å². The number of hydrogen-bond donors (Lipinski definition) is 2. The number of benzene rings is 2. The van der Waals surface area contributed by atoms with Gasteiger partial charge >= 0.3 is 0 Å². The molecule has 0 bridgehead atoms. The van der Waals surface area contributed by atoms with Gasteiger partial charge in [0.25, 0.3) is 5.91 Å². The van der Waals surface area contributed by atoms with Gasteiger partial charge in [-0.25, -0.2) is 0 Å². The van der Waals surface area contributed by atoms with Crippen LogP contribution in [0.3, 0.4) is 0 Å². The molecule has 29 heavy (non-hydrogen) atoms. The van der Waals surface area contributed by atoms with E-state index in [0.29, 0.717) is 24.6 Å². The zero-order valence-electron chi connectivity index (χ0n) is 16.8. The zero-order valence-corrected chi connectivity index (χ0v) is 17.6. The van der Waals surface area contributed by atoms with E-state index in [4.69, 9.17) is 5.10 Å². The van der Waals surface area contributed by atoms with Crippen molar-refractivity contribution >= 4 is 18.3 Å². The second kappa shape index (κ2) is 9.25. The number of nitrogens with zero attached hydrogens (tertiary/aromatic N) is 2. The Hall–Kier alpha value is -2.63. The molecular formula is C23H27ClN4O. The van der Waals surface area contributed by atoms with Gasteiger partial charge in [0.2, 0.25) is 0 Å².